The SMILES string of the molecule is COc1ccc(C(C)NC(=O)C(F)(F)F)cc1[N+](=O)[O-]. The average Bonchev–Trinajstić information content (AvgIpc) is 2.36. The number of carbonyl (C=O) groups is 1. The molecular weight excluding hydrogens is 281 g/mol. The topological polar surface area (TPSA) is 81.5 Å². The summed E-state index contributed by atoms with van der Waals surface area (Å²) in [4.78, 5) is 20.9. The number of carbonyl (C=O) groups excluding carboxylic acids is 1. The summed E-state index contributed by atoms with van der Waals surface area (Å²) < 4.78 is 41.1. The van der Waals surface area contributed by atoms with E-state index < -0.39 is 28.7 Å². The molecule has 0 aromatic heterocycles. The van der Waals surface area contributed by atoms with Crippen molar-refractivity contribution in [3.63, 3.8) is 0 Å². The third kappa shape index (κ3) is 3.59. The number of nitrogens with zero attached hydrogens (tertiary/aromatic N) is 1. The zero-order valence-electron chi connectivity index (χ0n) is 10.5. The molecule has 0 saturated heterocycles. The highest BCUT2D eigenvalue weighted by molar-refractivity contribution is 5.82. The van der Waals surface area contributed by atoms with Crippen LogP contribution in [-0.4, -0.2) is 24.1 Å². The first-order valence-corrected chi connectivity index (χ1v) is 5.36. The van der Waals surface area contributed by atoms with E-state index in [1.807, 2.05) is 0 Å². The van der Waals surface area contributed by atoms with Crippen molar-refractivity contribution in [1.29, 1.82) is 0 Å². The summed E-state index contributed by atoms with van der Waals surface area (Å²) in [6.07, 6.45) is -5.01. The molecule has 1 unspecified atom stereocenters. The first-order chi connectivity index (χ1) is 9.16. The normalized spacial score (nSPS) is 12.7. The molecule has 0 aliphatic heterocycles. The number of nitrogens with one attached hydrogen (secondary N) is 1. The number of rotatable bonds is 4. The zero-order valence-corrected chi connectivity index (χ0v) is 10.5. The van der Waals surface area contributed by atoms with Crippen LogP contribution in [0, 0.1) is 10.1 Å². The van der Waals surface area contributed by atoms with Gasteiger partial charge in [-0.15, -0.1) is 0 Å². The number of halogens is 3. The fraction of sp³-hybridized carbons (Fsp3) is 0.364. The van der Waals surface area contributed by atoms with Crippen molar-refractivity contribution in [2.45, 2.75) is 19.1 Å². The molecule has 0 spiro atoms. The second-order valence-corrected chi connectivity index (χ2v) is 3.88. The molecule has 1 amide bonds. The number of methoxy groups -OCH3 is 1. The largest absolute Gasteiger partial charge is 0.490 e. The molecule has 1 N–H and O–H groups in total. The molecule has 6 nitrogen and oxygen atoms in total. The summed E-state index contributed by atoms with van der Waals surface area (Å²) in [6, 6.07) is 2.62. The lowest BCUT2D eigenvalue weighted by Crippen LogP contribution is -2.38. The van der Waals surface area contributed by atoms with Crippen molar-refractivity contribution in [3.05, 3.63) is 33.9 Å². The van der Waals surface area contributed by atoms with E-state index in [1.54, 1.807) is 5.32 Å². The van der Waals surface area contributed by atoms with E-state index in [9.17, 15) is 28.1 Å². The van der Waals surface area contributed by atoms with E-state index in [0.717, 1.165) is 6.07 Å². The molecule has 1 aromatic rings. The Hall–Kier alpha value is -2.32. The maximum absolute atomic E-state index is 12.1. The maximum Gasteiger partial charge on any atom is 0.471 e. The number of amides is 1. The standard InChI is InChI=1S/C11H11F3N2O4/c1-6(15-10(17)11(12,13)14)7-3-4-9(20-2)8(5-7)16(18)19/h3-6H,1-2H3,(H,15,17). The summed E-state index contributed by atoms with van der Waals surface area (Å²) in [5, 5.41) is 12.5. The quantitative estimate of drug-likeness (QED) is 0.682. The minimum absolute atomic E-state index is 0.0203. The Morgan fingerprint density at radius 1 is 1.45 bits per heavy atom. The van der Waals surface area contributed by atoms with Crippen molar-refractivity contribution in [2.24, 2.45) is 0 Å². The number of hydrogen-bond acceptors (Lipinski definition) is 4. The Bertz CT molecular complexity index is 531. The molecule has 9 heteroatoms. The van der Waals surface area contributed by atoms with E-state index in [0.29, 0.717) is 0 Å². The maximum atomic E-state index is 12.1. The van der Waals surface area contributed by atoms with Gasteiger partial charge in [0, 0.05) is 6.07 Å². The van der Waals surface area contributed by atoms with Crippen LogP contribution in [0.2, 0.25) is 0 Å². The minimum atomic E-state index is -5.01. The van der Waals surface area contributed by atoms with Crippen molar-refractivity contribution < 1.29 is 27.6 Å². The number of hydrogen-bond donors (Lipinski definition) is 1. The molecule has 1 atom stereocenters. The van der Waals surface area contributed by atoms with Crippen LogP contribution < -0.4 is 10.1 Å². The third-order valence-electron chi connectivity index (χ3n) is 2.50. The van der Waals surface area contributed by atoms with Gasteiger partial charge in [-0.2, -0.15) is 13.2 Å². The van der Waals surface area contributed by atoms with Crippen LogP contribution >= 0.6 is 0 Å². The Balaban J connectivity index is 3.00. The molecule has 20 heavy (non-hydrogen) atoms. The Labute approximate surface area is 111 Å². The predicted octanol–water partition coefficient (Wildman–Crippen LogP) is 2.34. The van der Waals surface area contributed by atoms with E-state index >= 15 is 0 Å². The molecule has 1 rings (SSSR count). The van der Waals surface area contributed by atoms with Crippen LogP contribution in [0.15, 0.2) is 18.2 Å². The highest BCUT2D eigenvalue weighted by Gasteiger charge is 2.39. The molecule has 0 bridgehead atoms. The van der Waals surface area contributed by atoms with E-state index in [2.05, 4.69) is 0 Å². The fourth-order valence-corrected chi connectivity index (χ4v) is 1.48. The second-order valence-electron chi connectivity index (χ2n) is 3.88. The molecule has 0 aliphatic rings. The van der Waals surface area contributed by atoms with Gasteiger partial charge in [-0.05, 0) is 18.6 Å². The number of benzene rings is 1. The first kappa shape index (κ1) is 15.7. The fourth-order valence-electron chi connectivity index (χ4n) is 1.48. The number of nitro benzene ring substituents is 1. The lowest BCUT2D eigenvalue weighted by atomic mass is 10.1. The molecule has 0 fully saturated rings. The first-order valence-electron chi connectivity index (χ1n) is 5.36. The van der Waals surface area contributed by atoms with Crippen LogP contribution in [0.25, 0.3) is 0 Å². The van der Waals surface area contributed by atoms with Crippen LogP contribution in [0.5, 0.6) is 5.75 Å². The number of alkyl halides is 3. The van der Waals surface area contributed by atoms with Gasteiger partial charge in [-0.1, -0.05) is 6.07 Å². The van der Waals surface area contributed by atoms with E-state index in [1.165, 1.54) is 26.2 Å². The summed E-state index contributed by atoms with van der Waals surface area (Å²) in [5.41, 5.74) is -0.229. The van der Waals surface area contributed by atoms with Crippen molar-refractivity contribution >= 4 is 11.6 Å². The summed E-state index contributed by atoms with van der Waals surface area (Å²) in [6.45, 7) is 1.29. The van der Waals surface area contributed by atoms with Crippen molar-refractivity contribution in [1.82, 2.24) is 5.32 Å². The van der Waals surface area contributed by atoms with Gasteiger partial charge in [0.2, 0.25) is 0 Å². The van der Waals surface area contributed by atoms with Gasteiger partial charge in [0.25, 0.3) is 0 Å². The Kier molecular flexibility index (Phi) is 4.53. The van der Waals surface area contributed by atoms with E-state index in [-0.39, 0.29) is 11.3 Å². The third-order valence-corrected chi connectivity index (χ3v) is 2.50. The van der Waals surface area contributed by atoms with Crippen molar-refractivity contribution in [2.75, 3.05) is 7.11 Å². The van der Waals surface area contributed by atoms with Crippen LogP contribution in [0.4, 0.5) is 18.9 Å². The minimum Gasteiger partial charge on any atom is -0.490 e. The monoisotopic (exact) mass is 292 g/mol. The molecule has 0 saturated carbocycles. The van der Waals surface area contributed by atoms with Crippen LogP contribution in [-0.2, 0) is 4.79 Å². The van der Waals surface area contributed by atoms with Gasteiger partial charge >= 0.3 is 17.8 Å². The molecule has 0 aliphatic carbocycles. The Morgan fingerprint density at radius 2 is 2.05 bits per heavy atom. The summed E-state index contributed by atoms with van der Waals surface area (Å²) in [7, 11) is 1.23. The van der Waals surface area contributed by atoms with E-state index in [4.69, 9.17) is 4.74 Å². The molecule has 0 heterocycles. The van der Waals surface area contributed by atoms with Crippen molar-refractivity contribution in [3.8, 4) is 5.75 Å². The lowest BCUT2D eigenvalue weighted by molar-refractivity contribution is -0.385. The van der Waals surface area contributed by atoms with Crippen LogP contribution in [0.3, 0.4) is 0 Å². The lowest BCUT2D eigenvalue weighted by Gasteiger charge is -2.16. The summed E-state index contributed by atoms with van der Waals surface area (Å²) >= 11 is 0. The van der Waals surface area contributed by atoms with Crippen LogP contribution in [0.1, 0.15) is 18.5 Å². The Morgan fingerprint density at radius 3 is 2.50 bits per heavy atom. The number of ether oxygens (including phenoxy) is 1. The number of nitro groups is 1. The second kappa shape index (κ2) is 5.76. The molecular formula is C11H11F3N2O4. The van der Waals surface area contributed by atoms with Gasteiger partial charge in [0.15, 0.2) is 5.75 Å². The smallest absolute Gasteiger partial charge is 0.471 e. The molecule has 0 radical (unpaired) electrons. The predicted molar refractivity (Wildman–Crippen MR) is 62.3 cm³/mol. The zero-order chi connectivity index (χ0) is 15.5. The van der Waals surface area contributed by atoms with Gasteiger partial charge in [0.1, 0.15) is 0 Å². The highest BCUT2D eigenvalue weighted by atomic mass is 19.4. The molecule has 110 valence electrons. The van der Waals surface area contributed by atoms with Gasteiger partial charge < -0.3 is 10.1 Å². The van der Waals surface area contributed by atoms with Gasteiger partial charge in [-0.3, -0.25) is 14.9 Å². The van der Waals surface area contributed by atoms with Gasteiger partial charge in [-0.25, -0.2) is 0 Å². The average molecular weight is 292 g/mol. The highest BCUT2D eigenvalue weighted by Crippen LogP contribution is 2.30. The molecule has 1 aromatic carbocycles. The van der Waals surface area contributed by atoms with Gasteiger partial charge in [0.05, 0.1) is 18.1 Å². The summed E-state index contributed by atoms with van der Waals surface area (Å²) in [5.74, 6) is -2.13.